The summed E-state index contributed by atoms with van der Waals surface area (Å²) in [6, 6.07) is 15.0. The number of hydrogen-bond acceptors (Lipinski definition) is 5. The van der Waals surface area contributed by atoms with Crippen LogP contribution >= 0.6 is 0 Å². The number of anilines is 1. The number of rotatable bonds is 7. The van der Waals surface area contributed by atoms with E-state index in [0.29, 0.717) is 19.4 Å². The van der Waals surface area contributed by atoms with Crippen LogP contribution in [0.5, 0.6) is 0 Å². The van der Waals surface area contributed by atoms with Crippen molar-refractivity contribution in [3.63, 3.8) is 0 Å². The second kappa shape index (κ2) is 8.41. The first-order chi connectivity index (χ1) is 14.5. The van der Waals surface area contributed by atoms with Gasteiger partial charge < -0.3 is 14.6 Å². The molecule has 154 valence electrons. The second-order valence-corrected chi connectivity index (χ2v) is 7.45. The second-order valence-electron chi connectivity index (χ2n) is 7.45. The number of piperidine rings is 1. The topological polar surface area (TPSA) is 91.7 Å². The molecule has 1 aliphatic heterocycles. The van der Waals surface area contributed by atoms with Gasteiger partial charge in [-0.1, -0.05) is 30.3 Å². The van der Waals surface area contributed by atoms with Crippen molar-refractivity contribution in [3.05, 3.63) is 65.4 Å². The van der Waals surface area contributed by atoms with E-state index >= 15 is 0 Å². The molecule has 0 radical (unpaired) electrons. The number of carbonyl (C=O) groups is 3. The van der Waals surface area contributed by atoms with Crippen molar-refractivity contribution in [2.24, 2.45) is 0 Å². The van der Waals surface area contributed by atoms with Gasteiger partial charge >= 0.3 is 0 Å². The van der Waals surface area contributed by atoms with Crippen LogP contribution in [0.15, 0.2) is 52.9 Å². The molecule has 4 rings (SSSR count). The van der Waals surface area contributed by atoms with Crippen molar-refractivity contribution in [2.75, 3.05) is 5.32 Å². The van der Waals surface area contributed by atoms with Crippen molar-refractivity contribution in [1.82, 2.24) is 10.2 Å². The zero-order chi connectivity index (χ0) is 21.1. The fraction of sp³-hybridized carbons (Fsp3) is 0.261. The number of furan rings is 1. The molecule has 1 saturated heterocycles. The Morgan fingerprint density at radius 2 is 2.03 bits per heavy atom. The Balaban J connectivity index is 1.52. The van der Waals surface area contributed by atoms with E-state index in [1.54, 1.807) is 0 Å². The van der Waals surface area contributed by atoms with E-state index in [-0.39, 0.29) is 18.9 Å². The first-order valence-corrected chi connectivity index (χ1v) is 9.89. The van der Waals surface area contributed by atoms with Crippen LogP contribution in [0.1, 0.15) is 29.7 Å². The van der Waals surface area contributed by atoms with Gasteiger partial charge in [0.15, 0.2) is 0 Å². The molecule has 1 fully saturated rings. The minimum atomic E-state index is -0.650. The number of para-hydroxylation sites is 1. The fourth-order valence-electron chi connectivity index (χ4n) is 3.79. The van der Waals surface area contributed by atoms with Gasteiger partial charge in [0, 0.05) is 24.0 Å². The van der Waals surface area contributed by atoms with Crippen LogP contribution in [0.4, 0.5) is 5.69 Å². The molecule has 30 heavy (non-hydrogen) atoms. The molecule has 7 heteroatoms. The highest BCUT2D eigenvalue weighted by atomic mass is 16.3. The predicted octanol–water partition coefficient (Wildman–Crippen LogP) is 3.12. The number of nitrogens with one attached hydrogen (secondary N) is 2. The average Bonchev–Trinajstić information content (AvgIpc) is 3.15. The van der Waals surface area contributed by atoms with Crippen LogP contribution in [0.25, 0.3) is 11.0 Å². The van der Waals surface area contributed by atoms with E-state index in [2.05, 4.69) is 10.6 Å². The minimum absolute atomic E-state index is 0.228. The number of amides is 3. The summed E-state index contributed by atoms with van der Waals surface area (Å²) in [5.74, 6) is 0.0796. The molecule has 0 saturated carbocycles. The van der Waals surface area contributed by atoms with E-state index in [4.69, 9.17) is 4.42 Å². The molecule has 1 unspecified atom stereocenters. The highest BCUT2D eigenvalue weighted by Crippen LogP contribution is 2.25. The maximum atomic E-state index is 12.2. The van der Waals surface area contributed by atoms with Gasteiger partial charge in [-0.2, -0.15) is 0 Å². The first kappa shape index (κ1) is 19.7. The quantitative estimate of drug-likeness (QED) is 0.466. The largest absolute Gasteiger partial charge is 0.459 e. The number of imide groups is 1. The SMILES string of the molecule is Cc1cccc(NCc2cc3ccccc3o2)c1CN(C=O)C1CCC(=O)NC1=O. The van der Waals surface area contributed by atoms with Crippen molar-refractivity contribution in [2.45, 2.75) is 38.9 Å². The Labute approximate surface area is 174 Å². The van der Waals surface area contributed by atoms with Crippen LogP contribution in [-0.4, -0.2) is 29.2 Å². The molecular weight excluding hydrogens is 382 g/mol. The highest BCUT2D eigenvalue weighted by Gasteiger charge is 2.31. The van der Waals surface area contributed by atoms with Crippen molar-refractivity contribution < 1.29 is 18.8 Å². The summed E-state index contributed by atoms with van der Waals surface area (Å²) >= 11 is 0. The van der Waals surface area contributed by atoms with Crippen LogP contribution in [0, 0.1) is 6.92 Å². The van der Waals surface area contributed by atoms with Crippen molar-refractivity contribution in [1.29, 1.82) is 0 Å². The van der Waals surface area contributed by atoms with Gasteiger partial charge in [0.25, 0.3) is 0 Å². The molecule has 2 N–H and O–H groups in total. The third-order valence-electron chi connectivity index (χ3n) is 5.43. The van der Waals surface area contributed by atoms with E-state index in [9.17, 15) is 14.4 Å². The molecule has 2 heterocycles. The Hall–Kier alpha value is -3.61. The molecular formula is C23H23N3O4. The third kappa shape index (κ3) is 4.05. The molecule has 1 atom stereocenters. The Morgan fingerprint density at radius 3 is 2.80 bits per heavy atom. The third-order valence-corrected chi connectivity index (χ3v) is 5.43. The fourth-order valence-corrected chi connectivity index (χ4v) is 3.79. The summed E-state index contributed by atoms with van der Waals surface area (Å²) in [6.07, 6.45) is 1.23. The van der Waals surface area contributed by atoms with Crippen LogP contribution in [-0.2, 0) is 27.5 Å². The minimum Gasteiger partial charge on any atom is -0.459 e. The molecule has 0 spiro atoms. The van der Waals surface area contributed by atoms with E-state index < -0.39 is 11.9 Å². The summed E-state index contributed by atoms with van der Waals surface area (Å²) in [5, 5.41) is 6.75. The van der Waals surface area contributed by atoms with Gasteiger partial charge in [-0.15, -0.1) is 0 Å². The number of fused-ring (bicyclic) bond motifs is 1. The van der Waals surface area contributed by atoms with Crippen molar-refractivity contribution >= 4 is 34.9 Å². The van der Waals surface area contributed by atoms with Crippen LogP contribution in [0.2, 0.25) is 0 Å². The van der Waals surface area contributed by atoms with Gasteiger partial charge in [-0.3, -0.25) is 19.7 Å². The lowest BCUT2D eigenvalue weighted by molar-refractivity contribution is -0.141. The van der Waals surface area contributed by atoms with Crippen LogP contribution < -0.4 is 10.6 Å². The summed E-state index contributed by atoms with van der Waals surface area (Å²) in [6.45, 7) is 2.73. The first-order valence-electron chi connectivity index (χ1n) is 9.89. The standard InChI is InChI=1S/C23H23N3O4/c1-15-5-4-7-19(24-12-17-11-16-6-2-3-8-21(16)30-17)18(15)13-26(14-27)20-9-10-22(28)25-23(20)29/h2-8,11,14,20,24H,9-10,12-13H2,1H3,(H,25,28,29). The summed E-state index contributed by atoms with van der Waals surface area (Å²) in [7, 11) is 0. The van der Waals surface area contributed by atoms with Gasteiger partial charge in [-0.25, -0.2) is 0 Å². The maximum Gasteiger partial charge on any atom is 0.249 e. The van der Waals surface area contributed by atoms with Gasteiger partial charge in [0.2, 0.25) is 18.2 Å². The van der Waals surface area contributed by atoms with Gasteiger partial charge in [0.05, 0.1) is 6.54 Å². The lowest BCUT2D eigenvalue weighted by atomic mass is 10.0. The van der Waals surface area contributed by atoms with Crippen LogP contribution in [0.3, 0.4) is 0 Å². The van der Waals surface area contributed by atoms with E-state index in [1.807, 2.05) is 55.5 Å². The van der Waals surface area contributed by atoms with E-state index in [1.165, 1.54) is 4.90 Å². The predicted molar refractivity (Wildman–Crippen MR) is 112 cm³/mol. The average molecular weight is 405 g/mol. The van der Waals surface area contributed by atoms with Gasteiger partial charge in [0.1, 0.15) is 17.4 Å². The highest BCUT2D eigenvalue weighted by molar-refractivity contribution is 6.00. The molecule has 3 amide bonds. The lowest BCUT2D eigenvalue weighted by Gasteiger charge is -2.31. The number of aryl methyl sites for hydroxylation is 1. The zero-order valence-corrected chi connectivity index (χ0v) is 16.7. The Bertz CT molecular complexity index is 1070. The molecule has 7 nitrogen and oxygen atoms in total. The molecule has 0 aliphatic carbocycles. The molecule has 2 aromatic carbocycles. The van der Waals surface area contributed by atoms with Crippen molar-refractivity contribution in [3.8, 4) is 0 Å². The molecule has 3 aromatic rings. The maximum absolute atomic E-state index is 12.2. The number of benzene rings is 2. The normalized spacial score (nSPS) is 16.4. The molecule has 1 aliphatic rings. The van der Waals surface area contributed by atoms with Gasteiger partial charge in [-0.05, 0) is 42.7 Å². The Kier molecular flexibility index (Phi) is 5.52. The summed E-state index contributed by atoms with van der Waals surface area (Å²) in [4.78, 5) is 36.8. The molecule has 0 bridgehead atoms. The number of carbonyl (C=O) groups excluding carboxylic acids is 3. The Morgan fingerprint density at radius 1 is 1.20 bits per heavy atom. The summed E-state index contributed by atoms with van der Waals surface area (Å²) < 4.78 is 5.87. The number of nitrogens with zero attached hydrogens (tertiary/aromatic N) is 1. The smallest absolute Gasteiger partial charge is 0.249 e. The molecule has 1 aromatic heterocycles. The monoisotopic (exact) mass is 405 g/mol. The lowest BCUT2D eigenvalue weighted by Crippen LogP contribution is -2.51. The summed E-state index contributed by atoms with van der Waals surface area (Å²) in [5.41, 5.74) is 3.63. The number of hydrogen-bond donors (Lipinski definition) is 2. The van der Waals surface area contributed by atoms with E-state index in [0.717, 1.165) is 33.5 Å². The zero-order valence-electron chi connectivity index (χ0n) is 16.7.